The first-order valence-corrected chi connectivity index (χ1v) is 12.5. The van der Waals surface area contributed by atoms with E-state index >= 15 is 0 Å². The first-order chi connectivity index (χ1) is 13.0. The van der Waals surface area contributed by atoms with Crippen molar-refractivity contribution >= 4 is 32.0 Å². The molecule has 0 spiro atoms. The molecule has 3 heterocycles. The summed E-state index contributed by atoms with van der Waals surface area (Å²) >= 11 is 0. The Bertz CT molecular complexity index is 777. The molecule has 0 radical (unpaired) electrons. The fraction of sp³-hybridized carbons (Fsp3) is 0.632. The summed E-state index contributed by atoms with van der Waals surface area (Å²) in [6.45, 7) is 13.4. The van der Waals surface area contributed by atoms with Crippen molar-refractivity contribution in [2.75, 3.05) is 23.4 Å². The van der Waals surface area contributed by atoms with Crippen molar-refractivity contribution in [3.8, 4) is 5.75 Å². The van der Waals surface area contributed by atoms with E-state index in [2.05, 4.69) is 44.2 Å². The van der Waals surface area contributed by atoms with Gasteiger partial charge in [0.15, 0.2) is 26.5 Å². The topological polar surface area (TPSA) is 90.0 Å². The van der Waals surface area contributed by atoms with E-state index in [4.69, 9.17) is 13.9 Å². The third kappa shape index (κ3) is 4.30. The molecule has 3 rings (SSSR count). The van der Waals surface area contributed by atoms with E-state index in [1.54, 1.807) is 12.1 Å². The van der Waals surface area contributed by atoms with Crippen LogP contribution in [0.4, 0.5) is 16.4 Å². The maximum absolute atomic E-state index is 12.4. The summed E-state index contributed by atoms with van der Waals surface area (Å²) in [7, 11) is -1.88. The lowest BCUT2D eigenvalue weighted by molar-refractivity contribution is -0.118. The molecule has 2 atom stereocenters. The maximum atomic E-state index is 12.4. The number of nitrogens with one attached hydrogen (secondary N) is 1. The molecule has 1 fully saturated rings. The van der Waals surface area contributed by atoms with Crippen molar-refractivity contribution < 1.29 is 23.5 Å². The van der Waals surface area contributed by atoms with Crippen molar-refractivity contribution in [3.05, 3.63) is 12.1 Å². The molecule has 2 amide bonds. The van der Waals surface area contributed by atoms with E-state index in [-0.39, 0.29) is 29.8 Å². The van der Waals surface area contributed by atoms with Crippen LogP contribution in [0, 0.1) is 0 Å². The zero-order chi connectivity index (χ0) is 20.7. The molecular weight excluding hydrogens is 378 g/mol. The van der Waals surface area contributed by atoms with Gasteiger partial charge in [0, 0.05) is 12.5 Å². The molecule has 154 valence electrons. The Labute approximate surface area is 166 Å². The molecule has 1 saturated heterocycles. The number of nitrogens with zero attached hydrogens (tertiary/aromatic N) is 2. The minimum Gasteiger partial charge on any atom is -0.480 e. The monoisotopic (exact) mass is 407 g/mol. The van der Waals surface area contributed by atoms with Crippen molar-refractivity contribution in [1.29, 1.82) is 0 Å². The lowest BCUT2D eigenvalue weighted by Gasteiger charge is -2.38. The van der Waals surface area contributed by atoms with Crippen LogP contribution in [0.5, 0.6) is 5.75 Å². The molecule has 0 aromatic carbocycles. The van der Waals surface area contributed by atoms with E-state index in [0.29, 0.717) is 30.4 Å². The number of aromatic nitrogens is 1. The first-order valence-electron chi connectivity index (χ1n) is 9.56. The number of cyclic esters (lactones) is 1. The maximum Gasteiger partial charge on any atom is 0.415 e. The number of carbonyl (C=O) groups is 2. The van der Waals surface area contributed by atoms with Crippen molar-refractivity contribution in [2.24, 2.45) is 0 Å². The van der Waals surface area contributed by atoms with Crippen LogP contribution in [0.2, 0.25) is 18.1 Å². The van der Waals surface area contributed by atoms with E-state index < -0.39 is 14.4 Å². The Kier molecular flexibility index (Phi) is 5.41. The molecule has 8 nitrogen and oxygen atoms in total. The zero-order valence-electron chi connectivity index (χ0n) is 17.4. The molecule has 1 N–H and O–H groups in total. The Hall–Kier alpha value is -2.13. The predicted molar refractivity (Wildman–Crippen MR) is 108 cm³/mol. The second-order valence-electron chi connectivity index (χ2n) is 8.89. The van der Waals surface area contributed by atoms with Gasteiger partial charge in [0.05, 0.1) is 6.54 Å². The fourth-order valence-corrected chi connectivity index (χ4v) is 4.49. The third-order valence-corrected chi connectivity index (χ3v) is 10.1. The molecule has 2 unspecified atom stereocenters. The number of carbonyl (C=O) groups excluding carboxylic acids is 2. The summed E-state index contributed by atoms with van der Waals surface area (Å²) in [5.41, 5.74) is 0. The van der Waals surface area contributed by atoms with Gasteiger partial charge in [-0.05, 0) is 37.2 Å². The van der Waals surface area contributed by atoms with Gasteiger partial charge in [-0.2, -0.15) is 0 Å². The number of anilines is 2. The highest BCUT2D eigenvalue weighted by Gasteiger charge is 2.40. The lowest BCUT2D eigenvalue weighted by atomic mass is 10.2. The van der Waals surface area contributed by atoms with Gasteiger partial charge in [0.2, 0.25) is 0 Å². The summed E-state index contributed by atoms with van der Waals surface area (Å²) in [6.07, 6.45) is -0.0988. The highest BCUT2D eigenvalue weighted by molar-refractivity contribution is 6.74. The molecule has 1 aromatic heterocycles. The van der Waals surface area contributed by atoms with E-state index in [1.165, 1.54) is 4.90 Å². The standard InChI is InChI=1S/C19H29N3O5Si/c1-12(27-28(5,6)19(2,3)4)9-13-10-22(18(24)26-13)15-8-7-14-17(20-15)21-16(23)11-25-14/h7-8,12-13H,9-11H2,1-6H3,(H,20,21,23). The van der Waals surface area contributed by atoms with Crippen molar-refractivity contribution in [2.45, 2.75) is 64.5 Å². The number of amides is 2. The molecule has 28 heavy (non-hydrogen) atoms. The molecule has 9 heteroatoms. The van der Waals surface area contributed by atoms with Crippen LogP contribution < -0.4 is 15.0 Å². The SMILES string of the molecule is CC(CC1CN(c2ccc3c(n2)NC(=O)CO3)C(=O)O1)O[Si](C)(C)C(C)(C)C. The van der Waals surface area contributed by atoms with Gasteiger partial charge in [-0.3, -0.25) is 9.69 Å². The molecule has 2 aliphatic heterocycles. The number of rotatable bonds is 5. The average molecular weight is 408 g/mol. The Morgan fingerprint density at radius 1 is 1.36 bits per heavy atom. The lowest BCUT2D eigenvalue weighted by Crippen LogP contribution is -2.44. The second-order valence-corrected chi connectivity index (χ2v) is 13.7. The Morgan fingerprint density at radius 2 is 2.07 bits per heavy atom. The predicted octanol–water partition coefficient (Wildman–Crippen LogP) is 3.54. The summed E-state index contributed by atoms with van der Waals surface area (Å²) in [5, 5.41) is 2.78. The highest BCUT2D eigenvalue weighted by Crippen LogP contribution is 2.38. The fourth-order valence-electron chi connectivity index (χ4n) is 3.03. The average Bonchev–Trinajstić information content (AvgIpc) is 2.92. The van der Waals surface area contributed by atoms with Gasteiger partial charge in [-0.15, -0.1) is 0 Å². The molecule has 2 aliphatic rings. The molecular formula is C19H29N3O5Si. The third-order valence-electron chi connectivity index (χ3n) is 5.51. The van der Waals surface area contributed by atoms with Crippen LogP contribution >= 0.6 is 0 Å². The number of hydrogen-bond donors (Lipinski definition) is 1. The summed E-state index contributed by atoms with van der Waals surface area (Å²) in [6, 6.07) is 3.39. The van der Waals surface area contributed by atoms with Gasteiger partial charge < -0.3 is 19.2 Å². The summed E-state index contributed by atoms with van der Waals surface area (Å²) in [4.78, 5) is 29.7. The van der Waals surface area contributed by atoms with Gasteiger partial charge in [0.25, 0.3) is 5.91 Å². The smallest absolute Gasteiger partial charge is 0.415 e. The van der Waals surface area contributed by atoms with Crippen LogP contribution in [-0.4, -0.2) is 50.7 Å². The van der Waals surface area contributed by atoms with Gasteiger partial charge in [0.1, 0.15) is 11.9 Å². The van der Waals surface area contributed by atoms with Crippen LogP contribution in [0.15, 0.2) is 12.1 Å². The van der Waals surface area contributed by atoms with Gasteiger partial charge >= 0.3 is 6.09 Å². The van der Waals surface area contributed by atoms with E-state index in [0.717, 1.165) is 0 Å². The Balaban J connectivity index is 1.64. The largest absolute Gasteiger partial charge is 0.480 e. The van der Waals surface area contributed by atoms with Gasteiger partial charge in [-0.1, -0.05) is 20.8 Å². The normalized spacial score (nSPS) is 20.9. The first kappa shape index (κ1) is 20.6. The number of pyridine rings is 1. The molecule has 0 saturated carbocycles. The number of fused-ring (bicyclic) bond motifs is 1. The van der Waals surface area contributed by atoms with Crippen LogP contribution in [0.3, 0.4) is 0 Å². The van der Waals surface area contributed by atoms with Crippen LogP contribution in [0.25, 0.3) is 0 Å². The van der Waals surface area contributed by atoms with Gasteiger partial charge in [-0.25, -0.2) is 9.78 Å². The molecule has 0 aliphatic carbocycles. The molecule has 0 bridgehead atoms. The van der Waals surface area contributed by atoms with E-state index in [1.807, 2.05) is 6.92 Å². The van der Waals surface area contributed by atoms with Crippen LogP contribution in [0.1, 0.15) is 34.1 Å². The zero-order valence-corrected chi connectivity index (χ0v) is 18.4. The second kappa shape index (κ2) is 7.36. The minimum atomic E-state index is -1.88. The number of hydrogen-bond acceptors (Lipinski definition) is 6. The van der Waals surface area contributed by atoms with Crippen molar-refractivity contribution in [3.63, 3.8) is 0 Å². The van der Waals surface area contributed by atoms with Crippen LogP contribution in [-0.2, 0) is 14.0 Å². The number of ether oxygens (including phenoxy) is 2. The summed E-state index contributed by atoms with van der Waals surface area (Å²) < 4.78 is 17.2. The quantitative estimate of drug-likeness (QED) is 0.751. The Morgan fingerprint density at radius 3 is 2.75 bits per heavy atom. The van der Waals surface area contributed by atoms with Crippen molar-refractivity contribution in [1.82, 2.24) is 4.98 Å². The molecule has 1 aromatic rings. The highest BCUT2D eigenvalue weighted by atomic mass is 28.4. The minimum absolute atomic E-state index is 0.0113. The van der Waals surface area contributed by atoms with E-state index in [9.17, 15) is 9.59 Å². The summed E-state index contributed by atoms with van der Waals surface area (Å²) in [5.74, 6) is 0.967.